The molecule has 0 spiro atoms. The minimum Gasteiger partial charge on any atom is -0.357 e. The van der Waals surface area contributed by atoms with E-state index in [0.29, 0.717) is 6.54 Å². The zero-order chi connectivity index (χ0) is 22.1. The first kappa shape index (κ1) is 26.9. The van der Waals surface area contributed by atoms with Crippen molar-refractivity contribution in [3.8, 4) is 0 Å². The molecule has 0 unspecified atom stereocenters. The highest BCUT2D eigenvalue weighted by molar-refractivity contribution is 14.0. The van der Waals surface area contributed by atoms with Gasteiger partial charge in [-0.3, -0.25) is 4.79 Å². The molecule has 0 aliphatic carbocycles. The Kier molecular flexibility index (Phi) is 11.0. The molecule has 0 fully saturated rings. The first-order chi connectivity index (χ1) is 14.2. The molecule has 0 atom stereocenters. The second-order valence-electron chi connectivity index (χ2n) is 8.72. The molecule has 5 nitrogen and oxygen atoms in total. The fourth-order valence-electron chi connectivity index (χ4n) is 3.07. The van der Waals surface area contributed by atoms with Crippen molar-refractivity contribution in [2.75, 3.05) is 27.2 Å². The molecule has 2 rings (SSSR count). The molecule has 0 bridgehead atoms. The molecule has 0 saturated heterocycles. The van der Waals surface area contributed by atoms with Gasteiger partial charge in [0.25, 0.3) is 5.91 Å². The van der Waals surface area contributed by atoms with Gasteiger partial charge >= 0.3 is 0 Å². The monoisotopic (exact) mass is 536 g/mol. The maximum absolute atomic E-state index is 12.1. The fourth-order valence-corrected chi connectivity index (χ4v) is 3.07. The summed E-state index contributed by atoms with van der Waals surface area (Å²) in [6.45, 7) is 10.9. The minimum atomic E-state index is 0. The highest BCUT2D eigenvalue weighted by atomic mass is 127. The molecule has 1 amide bonds. The molecule has 0 heterocycles. The van der Waals surface area contributed by atoms with Gasteiger partial charge in [0.2, 0.25) is 0 Å². The van der Waals surface area contributed by atoms with Gasteiger partial charge in [-0.15, -0.1) is 24.0 Å². The van der Waals surface area contributed by atoms with E-state index >= 15 is 0 Å². The van der Waals surface area contributed by atoms with Crippen LogP contribution in [0.15, 0.2) is 53.5 Å². The Balaban J connectivity index is 0.00000480. The average molecular weight is 537 g/mol. The molecular weight excluding hydrogens is 499 g/mol. The number of aliphatic imine (C=N–C) groups is 1. The SMILES string of the molecule is CCNC(=NCc1ccc(C(C)(C)C)cc1)NCCc1cccc(C(=O)N(C)C)c1.I. The van der Waals surface area contributed by atoms with Crippen LogP contribution in [-0.2, 0) is 18.4 Å². The number of carbonyl (C=O) groups is 1. The van der Waals surface area contributed by atoms with Gasteiger partial charge in [0.15, 0.2) is 5.96 Å². The molecule has 2 aromatic carbocycles. The van der Waals surface area contributed by atoms with E-state index in [1.807, 2.05) is 18.2 Å². The Hall–Kier alpha value is -2.09. The number of nitrogens with zero attached hydrogens (tertiary/aromatic N) is 2. The number of benzene rings is 2. The fraction of sp³-hybridized carbons (Fsp3) is 0.440. The summed E-state index contributed by atoms with van der Waals surface area (Å²) < 4.78 is 0. The van der Waals surface area contributed by atoms with Crippen molar-refractivity contribution in [1.29, 1.82) is 0 Å². The standard InChI is InChI=1S/C25H36N4O.HI/c1-7-26-24(28-18-20-11-13-22(14-12-20)25(2,3)4)27-16-15-19-9-8-10-21(17-19)23(30)29(5)6;/h8-14,17H,7,15-16,18H2,1-6H3,(H2,26,27,28);1H. The lowest BCUT2D eigenvalue weighted by Gasteiger charge is -2.19. The molecule has 170 valence electrons. The van der Waals surface area contributed by atoms with Gasteiger partial charge in [0.1, 0.15) is 0 Å². The lowest BCUT2D eigenvalue weighted by molar-refractivity contribution is 0.0827. The largest absolute Gasteiger partial charge is 0.357 e. The molecule has 0 aromatic heterocycles. The smallest absolute Gasteiger partial charge is 0.253 e. The topological polar surface area (TPSA) is 56.7 Å². The summed E-state index contributed by atoms with van der Waals surface area (Å²) in [5.41, 5.74) is 4.53. The van der Waals surface area contributed by atoms with E-state index in [1.54, 1.807) is 19.0 Å². The normalized spacial score (nSPS) is 11.5. The van der Waals surface area contributed by atoms with Gasteiger partial charge in [-0.25, -0.2) is 4.99 Å². The van der Waals surface area contributed by atoms with Gasteiger partial charge in [0, 0.05) is 32.7 Å². The highest BCUT2D eigenvalue weighted by Crippen LogP contribution is 2.22. The zero-order valence-corrected chi connectivity index (χ0v) is 22.0. The van der Waals surface area contributed by atoms with Crippen LogP contribution in [0.4, 0.5) is 0 Å². The van der Waals surface area contributed by atoms with E-state index in [2.05, 4.69) is 68.7 Å². The third kappa shape index (κ3) is 8.89. The van der Waals surface area contributed by atoms with Crippen molar-refractivity contribution >= 4 is 35.8 Å². The van der Waals surface area contributed by atoms with Crippen molar-refractivity contribution < 1.29 is 4.79 Å². The number of hydrogen-bond donors (Lipinski definition) is 2. The van der Waals surface area contributed by atoms with Gasteiger partial charge in [-0.1, -0.05) is 57.2 Å². The lowest BCUT2D eigenvalue weighted by Crippen LogP contribution is -2.38. The summed E-state index contributed by atoms with van der Waals surface area (Å²) in [4.78, 5) is 18.4. The van der Waals surface area contributed by atoms with Crippen LogP contribution in [0.3, 0.4) is 0 Å². The first-order valence-electron chi connectivity index (χ1n) is 10.6. The summed E-state index contributed by atoms with van der Waals surface area (Å²) >= 11 is 0. The highest BCUT2D eigenvalue weighted by Gasteiger charge is 2.12. The van der Waals surface area contributed by atoms with Crippen molar-refractivity contribution in [2.45, 2.75) is 46.1 Å². The Morgan fingerprint density at radius 1 is 1.00 bits per heavy atom. The number of amides is 1. The summed E-state index contributed by atoms with van der Waals surface area (Å²) in [5, 5.41) is 6.69. The Bertz CT molecular complexity index is 855. The van der Waals surface area contributed by atoms with Crippen LogP contribution in [0.25, 0.3) is 0 Å². The molecule has 6 heteroatoms. The van der Waals surface area contributed by atoms with Crippen LogP contribution < -0.4 is 10.6 Å². The van der Waals surface area contributed by atoms with Crippen molar-refractivity contribution in [3.63, 3.8) is 0 Å². The van der Waals surface area contributed by atoms with Crippen LogP contribution in [-0.4, -0.2) is 44.0 Å². The molecule has 0 aliphatic rings. The molecule has 0 saturated carbocycles. The summed E-state index contributed by atoms with van der Waals surface area (Å²) in [5.74, 6) is 0.829. The number of rotatable bonds is 7. The first-order valence-corrected chi connectivity index (χ1v) is 10.6. The second kappa shape index (κ2) is 12.7. The van der Waals surface area contributed by atoms with Crippen LogP contribution in [0, 0.1) is 0 Å². The predicted molar refractivity (Wildman–Crippen MR) is 142 cm³/mol. The van der Waals surface area contributed by atoms with Crippen LogP contribution in [0.5, 0.6) is 0 Å². The maximum atomic E-state index is 12.1. The Labute approximate surface area is 204 Å². The average Bonchev–Trinajstić information content (AvgIpc) is 2.71. The van der Waals surface area contributed by atoms with Crippen LogP contribution in [0.1, 0.15) is 54.7 Å². The van der Waals surface area contributed by atoms with Gasteiger partial charge in [0.05, 0.1) is 6.54 Å². The number of carbonyl (C=O) groups excluding carboxylic acids is 1. The number of hydrogen-bond acceptors (Lipinski definition) is 2. The second-order valence-corrected chi connectivity index (χ2v) is 8.72. The Morgan fingerprint density at radius 3 is 2.26 bits per heavy atom. The van der Waals surface area contributed by atoms with E-state index in [1.165, 1.54) is 11.1 Å². The van der Waals surface area contributed by atoms with Crippen molar-refractivity contribution in [1.82, 2.24) is 15.5 Å². The summed E-state index contributed by atoms with van der Waals surface area (Å²) in [6.07, 6.45) is 0.819. The molecule has 0 aliphatic heterocycles. The molecule has 0 radical (unpaired) electrons. The minimum absolute atomic E-state index is 0. The van der Waals surface area contributed by atoms with E-state index in [0.717, 1.165) is 36.6 Å². The third-order valence-corrected chi connectivity index (χ3v) is 4.87. The van der Waals surface area contributed by atoms with Crippen molar-refractivity contribution in [3.05, 3.63) is 70.8 Å². The van der Waals surface area contributed by atoms with E-state index in [4.69, 9.17) is 4.99 Å². The lowest BCUT2D eigenvalue weighted by atomic mass is 9.87. The van der Waals surface area contributed by atoms with Gasteiger partial charge in [-0.2, -0.15) is 0 Å². The van der Waals surface area contributed by atoms with Crippen molar-refractivity contribution in [2.24, 2.45) is 4.99 Å². The quantitative estimate of drug-likeness (QED) is 0.309. The molecular formula is C25H37IN4O. The molecule has 31 heavy (non-hydrogen) atoms. The molecule has 2 aromatic rings. The van der Waals surface area contributed by atoms with Crippen LogP contribution >= 0.6 is 24.0 Å². The van der Waals surface area contributed by atoms with Gasteiger partial charge in [-0.05, 0) is 47.6 Å². The summed E-state index contributed by atoms with van der Waals surface area (Å²) in [7, 11) is 3.54. The Morgan fingerprint density at radius 2 is 1.68 bits per heavy atom. The zero-order valence-electron chi connectivity index (χ0n) is 19.7. The van der Waals surface area contributed by atoms with E-state index < -0.39 is 0 Å². The number of guanidine groups is 1. The van der Waals surface area contributed by atoms with Crippen LogP contribution in [0.2, 0.25) is 0 Å². The van der Waals surface area contributed by atoms with E-state index in [-0.39, 0.29) is 35.3 Å². The summed E-state index contributed by atoms with van der Waals surface area (Å²) in [6, 6.07) is 16.5. The van der Waals surface area contributed by atoms with E-state index in [9.17, 15) is 4.79 Å². The predicted octanol–water partition coefficient (Wildman–Crippen LogP) is 4.60. The van der Waals surface area contributed by atoms with Gasteiger partial charge < -0.3 is 15.5 Å². The third-order valence-electron chi connectivity index (χ3n) is 4.87. The molecule has 2 N–H and O–H groups in total. The maximum Gasteiger partial charge on any atom is 0.253 e. The number of nitrogens with one attached hydrogen (secondary N) is 2. The number of halogens is 1.